The van der Waals surface area contributed by atoms with Gasteiger partial charge in [0.05, 0.1) is 18.8 Å². The van der Waals surface area contributed by atoms with E-state index in [2.05, 4.69) is 6.07 Å². The lowest BCUT2D eigenvalue weighted by Crippen LogP contribution is -1.85. The Bertz CT molecular complexity index is 639. The number of benzene rings is 2. The molecular weight excluding hydrogens is 258 g/mol. The van der Waals surface area contributed by atoms with Gasteiger partial charge in [-0.1, -0.05) is 23.7 Å². The normalized spacial score (nSPS) is 10.9. The Kier molecular flexibility index (Phi) is 4.22. The SMILES string of the molecule is COc1ccc(C(C#N)=Cc2cccc(Cl)c2)cc1. The highest BCUT2D eigenvalue weighted by atomic mass is 35.5. The van der Waals surface area contributed by atoms with E-state index in [4.69, 9.17) is 16.3 Å². The molecular formula is C16H12ClNO. The molecule has 0 amide bonds. The lowest BCUT2D eigenvalue weighted by Gasteiger charge is -2.02. The Morgan fingerprint density at radius 1 is 1.21 bits per heavy atom. The second kappa shape index (κ2) is 6.08. The molecule has 0 aliphatic carbocycles. The fourth-order valence-electron chi connectivity index (χ4n) is 1.71. The van der Waals surface area contributed by atoms with Crippen molar-refractivity contribution in [1.29, 1.82) is 5.26 Å². The zero-order valence-corrected chi connectivity index (χ0v) is 11.2. The van der Waals surface area contributed by atoms with Crippen LogP contribution in [0.4, 0.5) is 0 Å². The van der Waals surface area contributed by atoms with Crippen LogP contribution >= 0.6 is 11.6 Å². The molecule has 0 spiro atoms. The summed E-state index contributed by atoms with van der Waals surface area (Å²) in [7, 11) is 1.61. The predicted octanol–water partition coefficient (Wildman–Crippen LogP) is 4.41. The first-order chi connectivity index (χ1) is 9.22. The third-order valence-corrected chi connectivity index (χ3v) is 2.92. The average molecular weight is 270 g/mol. The van der Waals surface area contributed by atoms with E-state index < -0.39 is 0 Å². The number of nitrogens with zero attached hydrogens (tertiary/aromatic N) is 1. The van der Waals surface area contributed by atoms with Gasteiger partial charge in [-0.25, -0.2) is 0 Å². The maximum Gasteiger partial charge on any atom is 0.118 e. The lowest BCUT2D eigenvalue weighted by atomic mass is 10.0. The molecule has 0 aromatic heterocycles. The number of methoxy groups -OCH3 is 1. The lowest BCUT2D eigenvalue weighted by molar-refractivity contribution is 0.415. The molecule has 0 aliphatic heterocycles. The van der Waals surface area contributed by atoms with E-state index in [1.54, 1.807) is 13.2 Å². The number of ether oxygens (including phenoxy) is 1. The highest BCUT2D eigenvalue weighted by Gasteiger charge is 2.02. The molecule has 0 saturated heterocycles. The minimum absolute atomic E-state index is 0.588. The number of halogens is 1. The average Bonchev–Trinajstić information content (AvgIpc) is 2.45. The van der Waals surface area contributed by atoms with Gasteiger partial charge in [-0.05, 0) is 53.6 Å². The molecule has 2 rings (SSSR count). The Morgan fingerprint density at radius 2 is 1.95 bits per heavy atom. The predicted molar refractivity (Wildman–Crippen MR) is 77.9 cm³/mol. The van der Waals surface area contributed by atoms with Crippen molar-refractivity contribution in [2.24, 2.45) is 0 Å². The smallest absolute Gasteiger partial charge is 0.118 e. The van der Waals surface area contributed by atoms with Crippen LogP contribution in [0.15, 0.2) is 48.5 Å². The van der Waals surface area contributed by atoms with Crippen molar-refractivity contribution >= 4 is 23.3 Å². The summed E-state index contributed by atoms with van der Waals surface area (Å²) in [4.78, 5) is 0. The second-order valence-corrected chi connectivity index (χ2v) is 4.39. The van der Waals surface area contributed by atoms with E-state index >= 15 is 0 Å². The molecule has 2 aromatic carbocycles. The van der Waals surface area contributed by atoms with E-state index in [1.165, 1.54) is 0 Å². The zero-order valence-electron chi connectivity index (χ0n) is 10.4. The Hall–Kier alpha value is -2.24. The largest absolute Gasteiger partial charge is 0.497 e. The zero-order chi connectivity index (χ0) is 13.7. The molecule has 2 aromatic rings. The maximum atomic E-state index is 9.25. The minimum Gasteiger partial charge on any atom is -0.497 e. The van der Waals surface area contributed by atoms with Crippen molar-refractivity contribution in [2.75, 3.05) is 7.11 Å². The van der Waals surface area contributed by atoms with Gasteiger partial charge in [0.25, 0.3) is 0 Å². The summed E-state index contributed by atoms with van der Waals surface area (Å²) in [6.07, 6.45) is 1.81. The number of hydrogen-bond acceptors (Lipinski definition) is 2. The van der Waals surface area contributed by atoms with E-state index in [9.17, 15) is 5.26 Å². The molecule has 0 atom stereocenters. The molecule has 0 saturated carbocycles. The van der Waals surface area contributed by atoms with E-state index in [0.717, 1.165) is 16.9 Å². The third-order valence-electron chi connectivity index (χ3n) is 2.68. The number of nitriles is 1. The molecule has 94 valence electrons. The number of allylic oxidation sites excluding steroid dienone is 1. The van der Waals surface area contributed by atoms with Crippen molar-refractivity contribution in [1.82, 2.24) is 0 Å². The van der Waals surface area contributed by atoms with Crippen LogP contribution < -0.4 is 4.74 Å². The molecule has 3 heteroatoms. The standard InChI is InChI=1S/C16H12ClNO/c1-19-16-7-5-13(6-8-16)14(11-18)9-12-3-2-4-15(17)10-12/h2-10H,1H3. The van der Waals surface area contributed by atoms with Gasteiger partial charge in [0.2, 0.25) is 0 Å². The Morgan fingerprint density at radius 3 is 2.53 bits per heavy atom. The first kappa shape index (κ1) is 13.2. The van der Waals surface area contributed by atoms with Crippen LogP contribution in [0.3, 0.4) is 0 Å². The quantitative estimate of drug-likeness (QED) is 0.611. The summed E-state index contributed by atoms with van der Waals surface area (Å²) in [6.45, 7) is 0. The highest BCUT2D eigenvalue weighted by Crippen LogP contribution is 2.21. The van der Waals surface area contributed by atoms with Crippen LogP contribution in [0.2, 0.25) is 5.02 Å². The minimum atomic E-state index is 0.588. The summed E-state index contributed by atoms with van der Waals surface area (Å²) in [5.74, 6) is 0.767. The van der Waals surface area contributed by atoms with Crippen molar-refractivity contribution in [3.63, 3.8) is 0 Å². The topological polar surface area (TPSA) is 33.0 Å². The first-order valence-corrected chi connectivity index (χ1v) is 6.12. The van der Waals surface area contributed by atoms with Crippen LogP contribution in [0.5, 0.6) is 5.75 Å². The van der Waals surface area contributed by atoms with Gasteiger partial charge in [-0.2, -0.15) is 5.26 Å². The van der Waals surface area contributed by atoms with Gasteiger partial charge in [-0.3, -0.25) is 0 Å². The molecule has 0 radical (unpaired) electrons. The van der Waals surface area contributed by atoms with Gasteiger partial charge >= 0.3 is 0 Å². The van der Waals surface area contributed by atoms with Crippen LogP contribution in [0.1, 0.15) is 11.1 Å². The Labute approximate surface area is 117 Å². The molecule has 0 bridgehead atoms. The molecule has 0 unspecified atom stereocenters. The number of hydrogen-bond donors (Lipinski definition) is 0. The fourth-order valence-corrected chi connectivity index (χ4v) is 1.91. The van der Waals surface area contributed by atoms with E-state index in [1.807, 2.05) is 48.5 Å². The third kappa shape index (κ3) is 3.37. The van der Waals surface area contributed by atoms with Crippen LogP contribution in [0.25, 0.3) is 11.6 Å². The maximum absolute atomic E-state index is 9.25. The van der Waals surface area contributed by atoms with Crippen LogP contribution in [0, 0.1) is 11.3 Å². The molecule has 2 nitrogen and oxygen atoms in total. The van der Waals surface area contributed by atoms with Crippen LogP contribution in [-0.4, -0.2) is 7.11 Å². The van der Waals surface area contributed by atoms with Gasteiger partial charge in [0.15, 0.2) is 0 Å². The van der Waals surface area contributed by atoms with Crippen molar-refractivity contribution in [3.05, 3.63) is 64.7 Å². The molecule has 0 heterocycles. The van der Waals surface area contributed by atoms with E-state index in [0.29, 0.717) is 10.6 Å². The molecule has 19 heavy (non-hydrogen) atoms. The van der Waals surface area contributed by atoms with Gasteiger partial charge in [-0.15, -0.1) is 0 Å². The summed E-state index contributed by atoms with van der Waals surface area (Å²) >= 11 is 5.93. The molecule has 0 N–H and O–H groups in total. The second-order valence-electron chi connectivity index (χ2n) is 3.95. The number of rotatable bonds is 3. The van der Waals surface area contributed by atoms with Gasteiger partial charge in [0.1, 0.15) is 5.75 Å². The fraction of sp³-hybridized carbons (Fsp3) is 0.0625. The van der Waals surface area contributed by atoms with Crippen molar-refractivity contribution in [3.8, 4) is 11.8 Å². The summed E-state index contributed by atoms with van der Waals surface area (Å²) in [6, 6.07) is 17.0. The van der Waals surface area contributed by atoms with Crippen molar-refractivity contribution < 1.29 is 4.74 Å². The monoisotopic (exact) mass is 269 g/mol. The van der Waals surface area contributed by atoms with E-state index in [-0.39, 0.29) is 0 Å². The summed E-state index contributed by atoms with van der Waals surface area (Å²) in [5, 5.41) is 9.91. The van der Waals surface area contributed by atoms with Crippen LogP contribution in [-0.2, 0) is 0 Å². The first-order valence-electron chi connectivity index (χ1n) is 5.75. The van der Waals surface area contributed by atoms with Gasteiger partial charge < -0.3 is 4.74 Å². The Balaban J connectivity index is 2.36. The molecule has 0 fully saturated rings. The van der Waals surface area contributed by atoms with Crippen molar-refractivity contribution in [2.45, 2.75) is 0 Å². The molecule has 0 aliphatic rings. The summed E-state index contributed by atoms with van der Waals surface area (Å²) < 4.78 is 5.10. The summed E-state index contributed by atoms with van der Waals surface area (Å²) in [5.41, 5.74) is 2.34. The highest BCUT2D eigenvalue weighted by molar-refractivity contribution is 6.30. The van der Waals surface area contributed by atoms with Gasteiger partial charge in [0, 0.05) is 5.02 Å².